The van der Waals surface area contributed by atoms with E-state index in [-0.39, 0.29) is 11.7 Å². The van der Waals surface area contributed by atoms with Crippen LogP contribution in [0.1, 0.15) is 37.7 Å². The third kappa shape index (κ3) is 4.29. The molecule has 120 valence electrons. The van der Waals surface area contributed by atoms with Crippen LogP contribution in [0.25, 0.3) is 0 Å². The van der Waals surface area contributed by atoms with E-state index in [4.69, 9.17) is 0 Å². The SMILES string of the molecule is O=C(CCC1CCNC1)N(CCc1cccc(F)c1)C1CC1. The van der Waals surface area contributed by atoms with Crippen LogP contribution in [-0.2, 0) is 11.2 Å². The number of benzene rings is 1. The second kappa shape index (κ2) is 7.23. The molecule has 0 aromatic heterocycles. The van der Waals surface area contributed by atoms with E-state index in [0.717, 1.165) is 50.9 Å². The molecular weight excluding hydrogens is 279 g/mol. The summed E-state index contributed by atoms with van der Waals surface area (Å²) in [6, 6.07) is 7.13. The van der Waals surface area contributed by atoms with Crippen molar-refractivity contribution in [3.63, 3.8) is 0 Å². The number of carbonyl (C=O) groups excluding carboxylic acids is 1. The fourth-order valence-electron chi connectivity index (χ4n) is 3.27. The Kier molecular flexibility index (Phi) is 5.08. The molecule has 1 aromatic rings. The third-order valence-electron chi connectivity index (χ3n) is 4.77. The monoisotopic (exact) mass is 304 g/mol. The quantitative estimate of drug-likeness (QED) is 0.840. The maximum atomic E-state index is 13.2. The molecule has 0 spiro atoms. The van der Waals surface area contributed by atoms with Crippen molar-refractivity contribution in [1.82, 2.24) is 10.2 Å². The van der Waals surface area contributed by atoms with E-state index >= 15 is 0 Å². The molecule has 1 saturated carbocycles. The summed E-state index contributed by atoms with van der Waals surface area (Å²) < 4.78 is 13.2. The zero-order chi connectivity index (χ0) is 15.4. The van der Waals surface area contributed by atoms with Crippen molar-refractivity contribution in [2.24, 2.45) is 5.92 Å². The Labute approximate surface area is 131 Å². The van der Waals surface area contributed by atoms with Gasteiger partial charge in [-0.05, 0) is 68.8 Å². The van der Waals surface area contributed by atoms with Gasteiger partial charge in [0.25, 0.3) is 0 Å². The van der Waals surface area contributed by atoms with E-state index in [9.17, 15) is 9.18 Å². The summed E-state index contributed by atoms with van der Waals surface area (Å²) in [7, 11) is 0. The van der Waals surface area contributed by atoms with Gasteiger partial charge in [0.15, 0.2) is 0 Å². The van der Waals surface area contributed by atoms with Crippen LogP contribution in [0.15, 0.2) is 24.3 Å². The zero-order valence-electron chi connectivity index (χ0n) is 13.1. The molecule has 0 bridgehead atoms. The molecule has 2 fully saturated rings. The van der Waals surface area contributed by atoms with Gasteiger partial charge < -0.3 is 10.2 Å². The van der Waals surface area contributed by atoms with Crippen molar-refractivity contribution in [1.29, 1.82) is 0 Å². The highest BCUT2D eigenvalue weighted by atomic mass is 19.1. The van der Waals surface area contributed by atoms with Crippen LogP contribution in [0.5, 0.6) is 0 Å². The van der Waals surface area contributed by atoms with E-state index in [1.165, 1.54) is 12.5 Å². The molecule has 0 radical (unpaired) electrons. The normalized spacial score (nSPS) is 21.0. The molecule has 1 unspecified atom stereocenters. The van der Waals surface area contributed by atoms with Crippen molar-refractivity contribution >= 4 is 5.91 Å². The average Bonchev–Trinajstić information content (AvgIpc) is 3.20. The van der Waals surface area contributed by atoms with Crippen LogP contribution in [0, 0.1) is 11.7 Å². The summed E-state index contributed by atoms with van der Waals surface area (Å²) in [5.41, 5.74) is 0.971. The molecule has 1 heterocycles. The average molecular weight is 304 g/mol. The lowest BCUT2D eigenvalue weighted by Crippen LogP contribution is -2.35. The first-order valence-corrected chi connectivity index (χ1v) is 8.47. The van der Waals surface area contributed by atoms with Gasteiger partial charge in [0.2, 0.25) is 5.91 Å². The van der Waals surface area contributed by atoms with Gasteiger partial charge in [-0.2, -0.15) is 0 Å². The van der Waals surface area contributed by atoms with E-state index in [1.807, 2.05) is 11.0 Å². The fraction of sp³-hybridized carbons (Fsp3) is 0.611. The predicted octanol–water partition coefficient (Wildman–Crippen LogP) is 2.75. The lowest BCUT2D eigenvalue weighted by Gasteiger charge is -2.23. The van der Waals surface area contributed by atoms with Gasteiger partial charge in [0, 0.05) is 19.0 Å². The number of halogens is 1. The minimum Gasteiger partial charge on any atom is -0.339 e. The Balaban J connectivity index is 1.50. The number of hydrogen-bond donors (Lipinski definition) is 1. The summed E-state index contributed by atoms with van der Waals surface area (Å²) in [6.07, 6.45) is 5.84. The minimum absolute atomic E-state index is 0.199. The highest BCUT2D eigenvalue weighted by Crippen LogP contribution is 2.28. The molecule has 1 aliphatic heterocycles. The van der Waals surface area contributed by atoms with Gasteiger partial charge in [0.05, 0.1) is 0 Å². The lowest BCUT2D eigenvalue weighted by molar-refractivity contribution is -0.132. The summed E-state index contributed by atoms with van der Waals surface area (Å²) in [4.78, 5) is 14.5. The minimum atomic E-state index is -0.199. The molecule has 3 nitrogen and oxygen atoms in total. The summed E-state index contributed by atoms with van der Waals surface area (Å²) in [5.74, 6) is 0.745. The maximum Gasteiger partial charge on any atom is 0.222 e. The zero-order valence-corrected chi connectivity index (χ0v) is 13.1. The van der Waals surface area contributed by atoms with E-state index in [2.05, 4.69) is 5.32 Å². The molecule has 1 aromatic carbocycles. The second-order valence-corrected chi connectivity index (χ2v) is 6.60. The Morgan fingerprint density at radius 2 is 2.18 bits per heavy atom. The number of rotatable bonds is 7. The van der Waals surface area contributed by atoms with Gasteiger partial charge >= 0.3 is 0 Å². The van der Waals surface area contributed by atoms with Crippen molar-refractivity contribution in [3.05, 3.63) is 35.6 Å². The maximum absolute atomic E-state index is 13.2. The molecule has 1 amide bonds. The molecule has 1 N–H and O–H groups in total. The second-order valence-electron chi connectivity index (χ2n) is 6.60. The van der Waals surface area contributed by atoms with Gasteiger partial charge in [-0.15, -0.1) is 0 Å². The van der Waals surface area contributed by atoms with Gasteiger partial charge in [0.1, 0.15) is 5.82 Å². The van der Waals surface area contributed by atoms with Gasteiger partial charge in [-0.1, -0.05) is 12.1 Å². The molecule has 3 rings (SSSR count). The van der Waals surface area contributed by atoms with Crippen LogP contribution in [0.3, 0.4) is 0 Å². The molecular formula is C18H25FN2O. The van der Waals surface area contributed by atoms with Crippen LogP contribution in [0.4, 0.5) is 4.39 Å². The largest absolute Gasteiger partial charge is 0.339 e. The van der Waals surface area contributed by atoms with Crippen LogP contribution >= 0.6 is 0 Å². The number of carbonyl (C=O) groups is 1. The molecule has 4 heteroatoms. The molecule has 2 aliphatic rings. The summed E-state index contributed by atoms with van der Waals surface area (Å²) in [5, 5.41) is 3.35. The Morgan fingerprint density at radius 1 is 1.32 bits per heavy atom. The number of nitrogens with one attached hydrogen (secondary N) is 1. The third-order valence-corrected chi connectivity index (χ3v) is 4.77. The fourth-order valence-corrected chi connectivity index (χ4v) is 3.27. The molecule has 1 aliphatic carbocycles. The van der Waals surface area contributed by atoms with Crippen LogP contribution in [-0.4, -0.2) is 36.5 Å². The first kappa shape index (κ1) is 15.5. The Bertz CT molecular complexity index is 510. The van der Waals surface area contributed by atoms with Gasteiger partial charge in [-0.25, -0.2) is 4.39 Å². The van der Waals surface area contributed by atoms with E-state index in [1.54, 1.807) is 12.1 Å². The summed E-state index contributed by atoms with van der Waals surface area (Å²) >= 11 is 0. The Morgan fingerprint density at radius 3 is 2.86 bits per heavy atom. The summed E-state index contributed by atoms with van der Waals surface area (Å²) in [6.45, 7) is 2.86. The van der Waals surface area contributed by atoms with Crippen LogP contribution < -0.4 is 5.32 Å². The first-order valence-electron chi connectivity index (χ1n) is 8.47. The molecule has 22 heavy (non-hydrogen) atoms. The van der Waals surface area contributed by atoms with Crippen LogP contribution in [0.2, 0.25) is 0 Å². The van der Waals surface area contributed by atoms with E-state index in [0.29, 0.717) is 18.4 Å². The topological polar surface area (TPSA) is 32.3 Å². The first-order chi connectivity index (χ1) is 10.7. The van der Waals surface area contributed by atoms with Crippen molar-refractivity contribution in [2.75, 3.05) is 19.6 Å². The van der Waals surface area contributed by atoms with E-state index < -0.39 is 0 Å². The predicted molar refractivity (Wildman–Crippen MR) is 85.0 cm³/mol. The number of nitrogens with zero attached hydrogens (tertiary/aromatic N) is 1. The molecule has 1 atom stereocenters. The molecule has 1 saturated heterocycles. The van der Waals surface area contributed by atoms with Crippen molar-refractivity contribution in [3.8, 4) is 0 Å². The van der Waals surface area contributed by atoms with Gasteiger partial charge in [-0.3, -0.25) is 4.79 Å². The lowest BCUT2D eigenvalue weighted by atomic mass is 10.0. The van der Waals surface area contributed by atoms with Crippen molar-refractivity contribution in [2.45, 2.75) is 44.6 Å². The van der Waals surface area contributed by atoms with Crippen molar-refractivity contribution < 1.29 is 9.18 Å². The number of amides is 1. The highest BCUT2D eigenvalue weighted by Gasteiger charge is 2.32. The smallest absolute Gasteiger partial charge is 0.222 e. The highest BCUT2D eigenvalue weighted by molar-refractivity contribution is 5.76. The number of hydrogen-bond acceptors (Lipinski definition) is 2. The Hall–Kier alpha value is -1.42. The standard InChI is InChI=1S/C18H25FN2O/c19-16-3-1-2-14(12-16)9-11-21(17-5-6-17)18(22)7-4-15-8-10-20-13-15/h1-3,12,15,17,20H,4-11,13H2.